The summed E-state index contributed by atoms with van der Waals surface area (Å²) in [6.07, 6.45) is 9.32. The van der Waals surface area contributed by atoms with Gasteiger partial charge >= 0.3 is 0 Å². The SMILES string of the molecule is CC1(C)CCC(C)(C)c2cc(N3c4cc5c(cc4B4c6sc7cc8c(cc7c6N(c6ccc7c(c6)C(C)(C)CCC7(C)C)c6cc(N(c7ccccc7)c7ccc(-c9ccccc9)cc7)cc3c64)C(C)(C)CCC8(C)C)C(C)(C)CCC5(C)C)ccc21. The van der Waals surface area contributed by atoms with E-state index in [2.05, 4.69) is 295 Å². The Kier molecular flexibility index (Phi) is 12.3. The first-order chi connectivity index (χ1) is 41.1. The fraction of sp³-hybridized carbons (Fsp3) is 0.390. The number of hydrogen-bond donors (Lipinski definition) is 0. The normalized spacial score (nSPS) is 20.5. The van der Waals surface area contributed by atoms with Gasteiger partial charge in [0.05, 0.1) is 11.4 Å². The molecule has 6 aliphatic rings. The van der Waals surface area contributed by atoms with Crippen LogP contribution < -0.4 is 30.4 Å². The van der Waals surface area contributed by atoms with Crippen LogP contribution in [0.25, 0.3) is 21.2 Å². The highest BCUT2D eigenvalue weighted by atomic mass is 32.1. The molecule has 442 valence electrons. The average molecular weight is 1160 g/mol. The molecule has 0 spiro atoms. The Bertz CT molecular complexity index is 4300. The zero-order valence-corrected chi connectivity index (χ0v) is 55.8. The van der Waals surface area contributed by atoms with Crippen LogP contribution in [0.4, 0.5) is 51.2 Å². The van der Waals surface area contributed by atoms with Crippen molar-refractivity contribution >= 4 is 95.0 Å². The molecule has 3 nitrogen and oxygen atoms in total. The van der Waals surface area contributed by atoms with Gasteiger partial charge < -0.3 is 14.7 Å². The van der Waals surface area contributed by atoms with E-state index in [4.69, 9.17) is 0 Å². The van der Waals surface area contributed by atoms with Crippen molar-refractivity contribution < 1.29 is 0 Å². The molecule has 4 aliphatic carbocycles. The first kappa shape index (κ1) is 56.7. The molecule has 3 heterocycles. The first-order valence-electron chi connectivity index (χ1n) is 32.9. The second kappa shape index (κ2) is 18.9. The molecule has 0 bridgehead atoms. The van der Waals surface area contributed by atoms with Gasteiger partial charge in [0.1, 0.15) is 0 Å². The summed E-state index contributed by atoms with van der Waals surface area (Å²) in [7, 11) is 0. The third-order valence-corrected chi connectivity index (χ3v) is 24.5. The predicted molar refractivity (Wildman–Crippen MR) is 377 cm³/mol. The molecular weight excluding hydrogens is 1070 g/mol. The van der Waals surface area contributed by atoms with E-state index >= 15 is 0 Å². The Morgan fingerprint density at radius 3 is 1.26 bits per heavy atom. The Hall–Kier alpha value is -6.82. The Morgan fingerprint density at radius 1 is 0.345 bits per heavy atom. The van der Waals surface area contributed by atoms with Crippen molar-refractivity contribution in [2.75, 3.05) is 14.7 Å². The predicted octanol–water partition coefficient (Wildman–Crippen LogP) is 21.5. The van der Waals surface area contributed by atoms with Crippen molar-refractivity contribution in [2.45, 2.75) is 205 Å². The maximum atomic E-state index is 2.80. The zero-order valence-electron chi connectivity index (χ0n) is 55.0. The minimum Gasteiger partial charge on any atom is -0.311 e. The van der Waals surface area contributed by atoms with E-state index in [1.807, 2.05) is 0 Å². The Balaban J connectivity index is 1.11. The highest BCUT2D eigenvalue weighted by Crippen LogP contribution is 2.58. The van der Waals surface area contributed by atoms with E-state index in [0.29, 0.717) is 0 Å². The molecule has 0 unspecified atom stereocenters. The molecule has 0 radical (unpaired) electrons. The fourth-order valence-electron chi connectivity index (χ4n) is 17.2. The van der Waals surface area contributed by atoms with E-state index in [9.17, 15) is 0 Å². The van der Waals surface area contributed by atoms with Gasteiger partial charge in [0.25, 0.3) is 6.71 Å². The molecule has 5 heteroatoms. The summed E-state index contributed by atoms with van der Waals surface area (Å²) in [4.78, 5) is 8.11. The number of thiophene rings is 1. The summed E-state index contributed by atoms with van der Waals surface area (Å²) in [5.74, 6) is 0. The van der Waals surface area contributed by atoms with Crippen molar-refractivity contribution in [1.82, 2.24) is 0 Å². The van der Waals surface area contributed by atoms with Crippen LogP contribution in [0.5, 0.6) is 0 Å². The standard InChI is InChI=1S/C82H90BN3S/c1-75(2)35-37-77(5,6)61-43-55(31-33-59(61)75)85-68-49-65-64(80(11,12)40-41-81(65,13)14)48-67(68)83-72-69(85)45-57(84(53-25-21-18-22-26-53)54-29-27-52(28-30-54)51-23-19-17-20-24-51)46-70(72)86(56-32-34-60-62(44-56)78(7,8)38-36-76(60,3)4)73-58-47-63-66(50-71(58)87-74(73)83)82(15,16)42-39-79(63,9)10/h17-34,43-50H,35-42H2,1-16H3. The molecule has 2 aliphatic heterocycles. The topological polar surface area (TPSA) is 9.72 Å². The number of benzene rings is 8. The minimum absolute atomic E-state index is 0.00364. The maximum absolute atomic E-state index is 2.80. The van der Waals surface area contributed by atoms with Gasteiger partial charge in [0, 0.05) is 54.7 Å². The van der Waals surface area contributed by atoms with Crippen LogP contribution in [0, 0.1) is 0 Å². The summed E-state index contributed by atoms with van der Waals surface area (Å²) < 4.78 is 2.86. The number of nitrogens with zero attached hydrogens (tertiary/aromatic N) is 3. The lowest BCUT2D eigenvalue weighted by molar-refractivity contribution is 0.332. The zero-order chi connectivity index (χ0) is 60.9. The van der Waals surface area contributed by atoms with E-state index in [-0.39, 0.29) is 50.0 Å². The summed E-state index contributed by atoms with van der Waals surface area (Å²) in [5.41, 5.74) is 28.6. The molecule has 0 fully saturated rings. The van der Waals surface area contributed by atoms with E-state index in [1.165, 1.54) is 141 Å². The molecule has 9 aromatic rings. The number of hydrogen-bond acceptors (Lipinski definition) is 4. The highest BCUT2D eigenvalue weighted by molar-refractivity contribution is 7.33. The van der Waals surface area contributed by atoms with Crippen molar-refractivity contribution in [1.29, 1.82) is 0 Å². The van der Waals surface area contributed by atoms with Crippen LogP contribution in [0.15, 0.2) is 158 Å². The molecule has 0 saturated carbocycles. The molecule has 0 saturated heterocycles. The second-order valence-corrected chi connectivity index (χ2v) is 33.9. The molecule has 0 amide bonds. The number of anilines is 9. The van der Waals surface area contributed by atoms with E-state index in [0.717, 1.165) is 42.7 Å². The van der Waals surface area contributed by atoms with Gasteiger partial charge in [-0.25, -0.2) is 0 Å². The number of rotatable bonds is 6. The molecule has 0 N–H and O–H groups in total. The maximum Gasteiger partial charge on any atom is 0.264 e. The van der Waals surface area contributed by atoms with Crippen molar-refractivity contribution in [3.8, 4) is 11.1 Å². The summed E-state index contributed by atoms with van der Waals surface area (Å²) >= 11 is 2.09. The van der Waals surface area contributed by atoms with Crippen molar-refractivity contribution in [2.24, 2.45) is 0 Å². The van der Waals surface area contributed by atoms with Crippen LogP contribution in [-0.2, 0) is 43.3 Å². The summed E-state index contributed by atoms with van der Waals surface area (Å²) in [6, 6.07) is 62.8. The lowest BCUT2D eigenvalue weighted by atomic mass is 9.35. The molecule has 1 aromatic heterocycles. The quantitative estimate of drug-likeness (QED) is 0.154. The van der Waals surface area contributed by atoms with Gasteiger partial charge in [-0.1, -0.05) is 190 Å². The van der Waals surface area contributed by atoms with Gasteiger partial charge in [-0.2, -0.15) is 0 Å². The third-order valence-electron chi connectivity index (χ3n) is 23.3. The van der Waals surface area contributed by atoms with Gasteiger partial charge in [-0.3, -0.25) is 0 Å². The van der Waals surface area contributed by atoms with Gasteiger partial charge in [0.15, 0.2) is 0 Å². The fourth-order valence-corrected chi connectivity index (χ4v) is 18.5. The van der Waals surface area contributed by atoms with Gasteiger partial charge in [0.2, 0.25) is 0 Å². The largest absolute Gasteiger partial charge is 0.311 e. The van der Waals surface area contributed by atoms with Crippen LogP contribution in [0.3, 0.4) is 0 Å². The third kappa shape index (κ3) is 8.68. The lowest BCUT2D eigenvalue weighted by Crippen LogP contribution is -2.61. The first-order valence-corrected chi connectivity index (χ1v) is 33.8. The van der Waals surface area contributed by atoms with Crippen molar-refractivity contribution in [3.63, 3.8) is 0 Å². The number of para-hydroxylation sites is 1. The highest BCUT2D eigenvalue weighted by Gasteiger charge is 2.50. The monoisotopic (exact) mass is 1160 g/mol. The Morgan fingerprint density at radius 2 is 0.747 bits per heavy atom. The van der Waals surface area contributed by atoms with Crippen LogP contribution >= 0.6 is 11.3 Å². The van der Waals surface area contributed by atoms with E-state index in [1.54, 1.807) is 0 Å². The minimum atomic E-state index is -0.0283. The van der Waals surface area contributed by atoms with Gasteiger partial charge in [-0.05, 0) is 240 Å². The smallest absolute Gasteiger partial charge is 0.264 e. The average Bonchev–Trinajstić information content (AvgIpc) is 1.68. The van der Waals surface area contributed by atoms with E-state index < -0.39 is 0 Å². The molecule has 87 heavy (non-hydrogen) atoms. The molecule has 8 aromatic carbocycles. The lowest BCUT2D eigenvalue weighted by Gasteiger charge is -2.48. The molecule has 0 atom stereocenters. The van der Waals surface area contributed by atoms with Crippen molar-refractivity contribution in [3.05, 3.63) is 202 Å². The van der Waals surface area contributed by atoms with Crippen LogP contribution in [-0.4, -0.2) is 6.71 Å². The van der Waals surface area contributed by atoms with Crippen LogP contribution in [0.1, 0.15) is 207 Å². The molecular formula is C82H90BN3S. The summed E-state index contributed by atoms with van der Waals surface area (Å²) in [6.45, 7) is 40.0. The second-order valence-electron chi connectivity index (χ2n) is 32.8. The van der Waals surface area contributed by atoms with Crippen LogP contribution in [0.2, 0.25) is 0 Å². The number of fused-ring (bicyclic) bond motifs is 10. The van der Waals surface area contributed by atoms with Gasteiger partial charge in [-0.15, -0.1) is 11.3 Å². The Labute approximate surface area is 525 Å². The summed E-state index contributed by atoms with van der Waals surface area (Å²) in [5, 5.41) is 1.38. The molecule has 15 rings (SSSR count).